The zero-order valence-corrected chi connectivity index (χ0v) is 54.8. The molecule has 82 heavy (non-hydrogen) atoms. The fraction of sp³-hybridized carbons (Fsp3) is 0.803. The number of carbonyl (C=O) groups is 3. The van der Waals surface area contributed by atoms with Gasteiger partial charge in [0.25, 0.3) is 0 Å². The van der Waals surface area contributed by atoms with Gasteiger partial charge in [0.15, 0.2) is 6.10 Å². The minimum absolute atomic E-state index is 0.0754. The maximum Gasteiger partial charge on any atom is 0.306 e. The molecule has 0 aliphatic heterocycles. The van der Waals surface area contributed by atoms with Gasteiger partial charge in [0, 0.05) is 19.3 Å². The van der Waals surface area contributed by atoms with E-state index in [1.807, 2.05) is 0 Å². The van der Waals surface area contributed by atoms with Crippen molar-refractivity contribution in [3.05, 3.63) is 72.9 Å². The Morgan fingerprint density at radius 1 is 0.256 bits per heavy atom. The molecule has 0 bridgehead atoms. The molecular formula is C76H136O6. The molecule has 0 radical (unpaired) electrons. The minimum atomic E-state index is -0.780. The topological polar surface area (TPSA) is 78.9 Å². The molecular weight excluding hydrogens is 1010 g/mol. The zero-order valence-electron chi connectivity index (χ0n) is 54.8. The SMILES string of the molecule is CC/C=C\C/C=C\C/C=C\C/C=C\C/C=C\CCCCCCCCCCCC(=O)OCC(COC(=O)CCCCCCCCC/C=C\CCCCCCCCC)OC(=O)CCCCCCCCCCCCCCCCCCCCCCC. The fourth-order valence-electron chi connectivity index (χ4n) is 10.6. The standard InChI is InChI=1S/C76H136O6/c1-4-7-10-13-16-19-22-25-28-31-34-36-37-38-39-41-42-45-48-51-54-57-60-63-66-69-75(78)81-72-73(71-80-74(77)68-65-62-59-56-53-50-47-44-33-30-27-24-21-18-15-12-9-6-3)82-76(79)70-67-64-61-58-55-52-49-46-43-40-35-32-29-26-23-20-17-14-11-8-5-2/h7,10,16,19,25,28,30,33-34,36,38-39,73H,4-6,8-9,11-15,17-18,20-24,26-27,29,31-32,35,37,40-72H2,1-3H3/b10-7-,19-16-,28-25-,33-30-,36-34-,39-38-. The third-order valence-electron chi connectivity index (χ3n) is 15.9. The smallest absolute Gasteiger partial charge is 0.306 e. The van der Waals surface area contributed by atoms with Crippen LogP contribution >= 0.6 is 0 Å². The second-order valence-corrected chi connectivity index (χ2v) is 24.1. The Labute approximate surface area is 510 Å². The second kappa shape index (κ2) is 70.3. The van der Waals surface area contributed by atoms with E-state index in [1.165, 1.54) is 238 Å². The number of hydrogen-bond acceptors (Lipinski definition) is 6. The number of esters is 3. The van der Waals surface area contributed by atoms with Crippen LogP contribution in [0.5, 0.6) is 0 Å². The normalized spacial score (nSPS) is 12.5. The van der Waals surface area contributed by atoms with Crippen LogP contribution < -0.4 is 0 Å². The van der Waals surface area contributed by atoms with Crippen molar-refractivity contribution in [2.24, 2.45) is 0 Å². The average Bonchev–Trinajstić information content (AvgIpc) is 3.47. The van der Waals surface area contributed by atoms with E-state index in [1.54, 1.807) is 0 Å². The summed E-state index contributed by atoms with van der Waals surface area (Å²) in [5, 5.41) is 0. The number of ether oxygens (including phenoxy) is 3. The van der Waals surface area contributed by atoms with Crippen LogP contribution in [0, 0.1) is 0 Å². The number of unbranched alkanes of at least 4 members (excludes halogenated alkanes) is 43. The molecule has 0 spiro atoms. The van der Waals surface area contributed by atoms with Crippen molar-refractivity contribution in [2.75, 3.05) is 13.2 Å². The van der Waals surface area contributed by atoms with Crippen molar-refractivity contribution in [3.8, 4) is 0 Å². The van der Waals surface area contributed by atoms with E-state index in [0.717, 1.165) is 96.3 Å². The highest BCUT2D eigenvalue weighted by atomic mass is 16.6. The number of carbonyl (C=O) groups excluding carboxylic acids is 3. The molecule has 0 aromatic heterocycles. The first-order chi connectivity index (χ1) is 40.5. The molecule has 6 nitrogen and oxygen atoms in total. The van der Waals surface area contributed by atoms with Crippen LogP contribution in [-0.4, -0.2) is 37.2 Å². The summed E-state index contributed by atoms with van der Waals surface area (Å²) in [6.45, 7) is 6.58. The van der Waals surface area contributed by atoms with E-state index in [-0.39, 0.29) is 31.1 Å². The molecule has 0 fully saturated rings. The lowest BCUT2D eigenvalue weighted by Gasteiger charge is -2.18. The Balaban J connectivity index is 4.35. The van der Waals surface area contributed by atoms with Crippen LogP contribution in [0.4, 0.5) is 0 Å². The summed E-state index contributed by atoms with van der Waals surface area (Å²) in [6, 6.07) is 0. The Morgan fingerprint density at radius 2 is 0.476 bits per heavy atom. The zero-order chi connectivity index (χ0) is 59.2. The summed E-state index contributed by atoms with van der Waals surface area (Å²) in [6.07, 6.45) is 92.1. The van der Waals surface area contributed by atoms with Crippen molar-refractivity contribution in [1.82, 2.24) is 0 Å². The van der Waals surface area contributed by atoms with Crippen molar-refractivity contribution >= 4 is 17.9 Å². The fourth-order valence-corrected chi connectivity index (χ4v) is 10.6. The molecule has 6 heteroatoms. The monoisotopic (exact) mass is 1150 g/mol. The molecule has 0 saturated carbocycles. The summed E-state index contributed by atoms with van der Waals surface area (Å²) in [4.78, 5) is 38.5. The van der Waals surface area contributed by atoms with Crippen LogP contribution in [0.25, 0.3) is 0 Å². The molecule has 1 atom stereocenters. The first kappa shape index (κ1) is 78.8. The molecule has 0 amide bonds. The number of rotatable bonds is 66. The van der Waals surface area contributed by atoms with Crippen molar-refractivity contribution in [3.63, 3.8) is 0 Å². The summed E-state index contributed by atoms with van der Waals surface area (Å²) >= 11 is 0. The molecule has 0 rings (SSSR count). The molecule has 1 unspecified atom stereocenters. The largest absolute Gasteiger partial charge is 0.462 e. The highest BCUT2D eigenvalue weighted by molar-refractivity contribution is 5.71. The van der Waals surface area contributed by atoms with E-state index < -0.39 is 6.10 Å². The highest BCUT2D eigenvalue weighted by Crippen LogP contribution is 2.18. The molecule has 0 N–H and O–H groups in total. The first-order valence-corrected chi connectivity index (χ1v) is 35.9. The van der Waals surface area contributed by atoms with Gasteiger partial charge in [0.1, 0.15) is 13.2 Å². The molecule has 0 aliphatic carbocycles. The van der Waals surface area contributed by atoms with Crippen molar-refractivity contribution in [1.29, 1.82) is 0 Å². The lowest BCUT2D eigenvalue weighted by Crippen LogP contribution is -2.30. The summed E-state index contributed by atoms with van der Waals surface area (Å²) in [5.74, 6) is -0.861. The van der Waals surface area contributed by atoms with Gasteiger partial charge in [-0.3, -0.25) is 14.4 Å². The van der Waals surface area contributed by atoms with Gasteiger partial charge in [0.05, 0.1) is 0 Å². The first-order valence-electron chi connectivity index (χ1n) is 35.9. The van der Waals surface area contributed by atoms with E-state index in [4.69, 9.17) is 14.2 Å². The summed E-state index contributed by atoms with van der Waals surface area (Å²) in [5.41, 5.74) is 0. The van der Waals surface area contributed by atoms with Crippen LogP contribution in [0.2, 0.25) is 0 Å². The Hall–Kier alpha value is -3.15. The lowest BCUT2D eigenvalue weighted by molar-refractivity contribution is -0.167. The lowest BCUT2D eigenvalue weighted by atomic mass is 10.0. The van der Waals surface area contributed by atoms with Gasteiger partial charge in [-0.15, -0.1) is 0 Å². The van der Waals surface area contributed by atoms with Gasteiger partial charge < -0.3 is 14.2 Å². The Kier molecular flexibility index (Phi) is 67.6. The van der Waals surface area contributed by atoms with Gasteiger partial charge in [-0.2, -0.15) is 0 Å². The highest BCUT2D eigenvalue weighted by Gasteiger charge is 2.19. The van der Waals surface area contributed by atoms with E-state index >= 15 is 0 Å². The summed E-state index contributed by atoms with van der Waals surface area (Å²) in [7, 11) is 0. The van der Waals surface area contributed by atoms with Gasteiger partial charge in [-0.1, -0.05) is 338 Å². The van der Waals surface area contributed by atoms with Gasteiger partial charge in [-0.05, 0) is 89.9 Å². The van der Waals surface area contributed by atoms with Gasteiger partial charge in [0.2, 0.25) is 0 Å². The van der Waals surface area contributed by atoms with Gasteiger partial charge >= 0.3 is 17.9 Å². The predicted octanol–water partition coefficient (Wildman–Crippen LogP) is 24.8. The Morgan fingerprint density at radius 3 is 0.756 bits per heavy atom. The predicted molar refractivity (Wildman–Crippen MR) is 358 cm³/mol. The Bertz CT molecular complexity index is 1500. The van der Waals surface area contributed by atoms with Crippen molar-refractivity contribution in [2.45, 2.75) is 380 Å². The second-order valence-electron chi connectivity index (χ2n) is 24.1. The van der Waals surface area contributed by atoms with Crippen LogP contribution in [0.1, 0.15) is 374 Å². The van der Waals surface area contributed by atoms with Crippen LogP contribution in [0.15, 0.2) is 72.9 Å². The van der Waals surface area contributed by atoms with E-state index in [9.17, 15) is 14.4 Å². The molecule has 0 saturated heterocycles. The minimum Gasteiger partial charge on any atom is -0.462 e. The third-order valence-corrected chi connectivity index (χ3v) is 15.9. The molecule has 0 aromatic rings. The molecule has 0 heterocycles. The molecule has 0 aliphatic rings. The third kappa shape index (κ3) is 67.6. The van der Waals surface area contributed by atoms with E-state index in [2.05, 4.69) is 93.7 Å². The maximum atomic E-state index is 13.0. The van der Waals surface area contributed by atoms with Crippen LogP contribution in [-0.2, 0) is 28.6 Å². The molecule has 476 valence electrons. The number of allylic oxidation sites excluding steroid dienone is 12. The summed E-state index contributed by atoms with van der Waals surface area (Å²) < 4.78 is 17.0. The number of hydrogen-bond donors (Lipinski definition) is 0. The molecule has 0 aromatic carbocycles. The van der Waals surface area contributed by atoms with Crippen LogP contribution in [0.3, 0.4) is 0 Å². The average molecular weight is 1150 g/mol. The maximum absolute atomic E-state index is 13.0. The van der Waals surface area contributed by atoms with E-state index in [0.29, 0.717) is 19.3 Å². The van der Waals surface area contributed by atoms with Gasteiger partial charge in [-0.25, -0.2) is 0 Å². The van der Waals surface area contributed by atoms with Crippen molar-refractivity contribution < 1.29 is 28.6 Å². The quantitative estimate of drug-likeness (QED) is 0.0261.